The number of benzene rings is 3. The highest BCUT2D eigenvalue weighted by Crippen LogP contribution is 2.19. The average Bonchev–Trinajstić information content (AvgIpc) is 2.96. The highest BCUT2D eigenvalue weighted by molar-refractivity contribution is 5.93. The van der Waals surface area contributed by atoms with Gasteiger partial charge >= 0.3 is 11.9 Å². The topological polar surface area (TPSA) is 78.9 Å². The van der Waals surface area contributed by atoms with Crippen LogP contribution < -0.4 is 14.2 Å². The smallest absolute Gasteiger partial charge is 0.343 e. The van der Waals surface area contributed by atoms with Crippen LogP contribution in [0.3, 0.4) is 0 Å². The Bertz CT molecular complexity index is 1170. The molecule has 0 saturated heterocycles. The molecule has 0 radical (unpaired) electrons. The highest BCUT2D eigenvalue weighted by atomic mass is 16.5. The van der Waals surface area contributed by atoms with E-state index < -0.39 is 11.9 Å². The third-order valence-electron chi connectivity index (χ3n) is 6.36. The number of unbranched alkanes of at least 4 members (excludes halogenated alkanes) is 9. The number of carbonyl (C=O) groups excluding carboxylic acids is 3. The van der Waals surface area contributed by atoms with E-state index in [2.05, 4.69) is 6.92 Å². The van der Waals surface area contributed by atoms with Crippen molar-refractivity contribution in [1.29, 1.82) is 0 Å². The van der Waals surface area contributed by atoms with E-state index >= 15 is 0 Å². The van der Waals surface area contributed by atoms with Gasteiger partial charge in [0.05, 0.1) is 17.7 Å². The van der Waals surface area contributed by atoms with Gasteiger partial charge in [-0.1, -0.05) is 76.8 Å². The molecule has 6 heteroatoms. The van der Waals surface area contributed by atoms with Gasteiger partial charge in [-0.3, -0.25) is 4.79 Å². The van der Waals surface area contributed by atoms with E-state index in [4.69, 9.17) is 14.2 Å². The molecule has 0 N–H and O–H groups in total. The van der Waals surface area contributed by atoms with Crippen LogP contribution in [0, 0.1) is 0 Å². The second-order valence-corrected chi connectivity index (χ2v) is 9.55. The Morgan fingerprint density at radius 2 is 1.13 bits per heavy atom. The van der Waals surface area contributed by atoms with Crippen molar-refractivity contribution in [2.75, 3.05) is 6.61 Å². The van der Waals surface area contributed by atoms with Crippen molar-refractivity contribution >= 4 is 18.2 Å². The minimum Gasteiger partial charge on any atom is -0.494 e. The van der Waals surface area contributed by atoms with Crippen LogP contribution in [-0.2, 0) is 0 Å². The predicted octanol–water partition coefficient (Wildman–Crippen LogP) is 8.24. The molecule has 6 nitrogen and oxygen atoms in total. The summed E-state index contributed by atoms with van der Waals surface area (Å²) in [5.74, 6) is 0.224. The van der Waals surface area contributed by atoms with Crippen molar-refractivity contribution in [3.63, 3.8) is 0 Å². The molecule has 0 atom stereocenters. The third-order valence-corrected chi connectivity index (χ3v) is 6.36. The summed E-state index contributed by atoms with van der Waals surface area (Å²) in [6, 6.07) is 19.3. The Labute approximate surface area is 231 Å². The Hall–Kier alpha value is -3.93. The molecule has 3 aromatic carbocycles. The van der Waals surface area contributed by atoms with Crippen LogP contribution >= 0.6 is 0 Å². The van der Waals surface area contributed by atoms with E-state index in [1.54, 1.807) is 42.5 Å². The summed E-state index contributed by atoms with van der Waals surface area (Å²) in [6.45, 7) is 2.91. The van der Waals surface area contributed by atoms with E-state index in [9.17, 15) is 14.4 Å². The Morgan fingerprint density at radius 1 is 0.615 bits per heavy atom. The van der Waals surface area contributed by atoms with Gasteiger partial charge in [-0.05, 0) is 67.1 Å². The SMILES string of the molecule is CCCCCCCCCCCCOc1ccc(C(=O)Oc2ccc(C(=O)Oc3cccc(C=O)c3)cc2)cc1. The molecule has 0 saturated carbocycles. The maximum Gasteiger partial charge on any atom is 0.343 e. The lowest BCUT2D eigenvalue weighted by atomic mass is 10.1. The fourth-order valence-electron chi connectivity index (χ4n) is 4.11. The number of aldehydes is 1. The molecule has 0 aromatic heterocycles. The molecule has 0 bridgehead atoms. The van der Waals surface area contributed by atoms with Crippen LogP contribution in [0.5, 0.6) is 17.2 Å². The second-order valence-electron chi connectivity index (χ2n) is 9.55. The van der Waals surface area contributed by atoms with Crippen molar-refractivity contribution in [1.82, 2.24) is 0 Å². The van der Waals surface area contributed by atoms with Crippen molar-refractivity contribution < 1.29 is 28.6 Å². The largest absolute Gasteiger partial charge is 0.494 e. The number of ether oxygens (including phenoxy) is 3. The second kappa shape index (κ2) is 16.8. The molecule has 0 spiro atoms. The normalized spacial score (nSPS) is 10.6. The summed E-state index contributed by atoms with van der Waals surface area (Å²) >= 11 is 0. The molecular formula is C33H38O6. The first-order valence-corrected chi connectivity index (χ1v) is 13.9. The number of hydrogen-bond acceptors (Lipinski definition) is 6. The Morgan fingerprint density at radius 3 is 1.69 bits per heavy atom. The maximum atomic E-state index is 12.5. The minimum absolute atomic E-state index is 0.274. The maximum absolute atomic E-state index is 12.5. The average molecular weight is 531 g/mol. The Kier molecular flexibility index (Phi) is 12.8. The zero-order valence-electron chi connectivity index (χ0n) is 22.7. The molecule has 206 valence electrons. The minimum atomic E-state index is -0.579. The molecular weight excluding hydrogens is 492 g/mol. The predicted molar refractivity (Wildman–Crippen MR) is 152 cm³/mol. The molecule has 0 fully saturated rings. The van der Waals surface area contributed by atoms with Crippen LogP contribution in [0.4, 0.5) is 0 Å². The summed E-state index contributed by atoms with van der Waals surface area (Å²) in [5.41, 5.74) is 1.10. The molecule has 0 aliphatic rings. The lowest BCUT2D eigenvalue weighted by Gasteiger charge is -2.08. The standard InChI is InChI=1S/C33H38O6/c1-2-3-4-5-6-7-8-9-10-11-23-37-29-19-15-27(16-20-29)32(35)38-30-21-17-28(18-22-30)33(36)39-31-14-12-13-26(24-31)25-34/h12-22,24-25H,2-11,23H2,1H3. The molecule has 0 heterocycles. The summed E-state index contributed by atoms with van der Waals surface area (Å²) in [4.78, 5) is 35.8. The zero-order valence-corrected chi connectivity index (χ0v) is 22.7. The molecule has 3 rings (SSSR count). The van der Waals surface area contributed by atoms with E-state index in [1.165, 1.54) is 88.1 Å². The molecule has 0 unspecified atom stereocenters. The van der Waals surface area contributed by atoms with E-state index in [1.807, 2.05) is 0 Å². The lowest BCUT2D eigenvalue weighted by molar-refractivity contribution is 0.0730. The molecule has 0 aliphatic heterocycles. The molecule has 3 aromatic rings. The van der Waals surface area contributed by atoms with Crippen molar-refractivity contribution in [2.24, 2.45) is 0 Å². The molecule has 0 aliphatic carbocycles. The van der Waals surface area contributed by atoms with E-state index in [0.717, 1.165) is 12.2 Å². The van der Waals surface area contributed by atoms with Crippen molar-refractivity contribution in [3.05, 3.63) is 89.5 Å². The summed E-state index contributed by atoms with van der Waals surface area (Å²) in [6.07, 6.45) is 13.5. The van der Waals surface area contributed by atoms with E-state index in [-0.39, 0.29) is 11.3 Å². The summed E-state index contributed by atoms with van der Waals surface area (Å²) < 4.78 is 16.5. The van der Waals surface area contributed by atoms with Gasteiger partial charge in [-0.2, -0.15) is 0 Å². The number of rotatable bonds is 17. The first-order chi connectivity index (χ1) is 19.1. The lowest BCUT2D eigenvalue weighted by Crippen LogP contribution is -2.10. The fraction of sp³-hybridized carbons (Fsp3) is 0.364. The monoisotopic (exact) mass is 530 g/mol. The first kappa shape index (κ1) is 29.6. The van der Waals surface area contributed by atoms with Gasteiger partial charge in [0.2, 0.25) is 0 Å². The van der Waals surface area contributed by atoms with Crippen LogP contribution in [0.2, 0.25) is 0 Å². The van der Waals surface area contributed by atoms with Gasteiger partial charge in [0.25, 0.3) is 0 Å². The zero-order chi connectivity index (χ0) is 27.7. The van der Waals surface area contributed by atoms with E-state index in [0.29, 0.717) is 29.8 Å². The number of carbonyl (C=O) groups is 3. The van der Waals surface area contributed by atoms with Gasteiger partial charge in [0, 0.05) is 5.56 Å². The van der Waals surface area contributed by atoms with Crippen LogP contribution in [0.15, 0.2) is 72.8 Å². The van der Waals surface area contributed by atoms with Crippen LogP contribution in [0.1, 0.15) is 102 Å². The molecule has 0 amide bonds. The summed E-state index contributed by atoms with van der Waals surface area (Å²) in [7, 11) is 0. The third kappa shape index (κ3) is 10.8. The summed E-state index contributed by atoms with van der Waals surface area (Å²) in [5, 5.41) is 0. The highest BCUT2D eigenvalue weighted by Gasteiger charge is 2.12. The number of esters is 2. The van der Waals surface area contributed by atoms with Gasteiger partial charge in [0.15, 0.2) is 0 Å². The van der Waals surface area contributed by atoms with Gasteiger partial charge < -0.3 is 14.2 Å². The Balaban J connectivity index is 1.35. The van der Waals surface area contributed by atoms with Crippen molar-refractivity contribution in [2.45, 2.75) is 71.1 Å². The molecule has 39 heavy (non-hydrogen) atoms. The van der Waals surface area contributed by atoms with Crippen LogP contribution in [0.25, 0.3) is 0 Å². The first-order valence-electron chi connectivity index (χ1n) is 13.9. The fourth-order valence-corrected chi connectivity index (χ4v) is 4.11. The quantitative estimate of drug-likeness (QED) is 0.0757. The van der Waals surface area contributed by atoms with Crippen LogP contribution in [-0.4, -0.2) is 24.8 Å². The van der Waals surface area contributed by atoms with Gasteiger partial charge in [-0.25, -0.2) is 9.59 Å². The van der Waals surface area contributed by atoms with Crippen molar-refractivity contribution in [3.8, 4) is 17.2 Å². The van der Waals surface area contributed by atoms with Gasteiger partial charge in [0.1, 0.15) is 23.5 Å². The van der Waals surface area contributed by atoms with Gasteiger partial charge in [-0.15, -0.1) is 0 Å². The number of hydrogen-bond donors (Lipinski definition) is 0.